The third kappa shape index (κ3) is 4.34. The zero-order chi connectivity index (χ0) is 21.3. The van der Waals surface area contributed by atoms with Crippen molar-refractivity contribution in [3.63, 3.8) is 0 Å². The Kier molecular flexibility index (Phi) is 6.05. The number of nitrogens with one attached hydrogen (secondary N) is 1. The van der Waals surface area contributed by atoms with Crippen LogP contribution in [0.25, 0.3) is 0 Å². The first-order chi connectivity index (χ1) is 14.4. The summed E-state index contributed by atoms with van der Waals surface area (Å²) in [4.78, 5) is 46.1. The van der Waals surface area contributed by atoms with Crippen LogP contribution < -0.4 is 10.2 Å². The number of ether oxygens (including phenoxy) is 1. The Morgan fingerprint density at radius 1 is 1.40 bits per heavy atom. The minimum absolute atomic E-state index is 0.0141. The second kappa shape index (κ2) is 8.73. The van der Waals surface area contributed by atoms with Gasteiger partial charge >= 0.3 is 6.09 Å². The van der Waals surface area contributed by atoms with Crippen molar-refractivity contribution in [1.82, 2.24) is 9.88 Å². The molecular weight excluding hydrogens is 472 g/mol. The van der Waals surface area contributed by atoms with Crippen LogP contribution in [0.2, 0.25) is 0 Å². The number of carbonyl (C=O) groups excluding carboxylic acids is 3. The van der Waals surface area contributed by atoms with Gasteiger partial charge in [-0.2, -0.15) is 0 Å². The zero-order valence-corrected chi connectivity index (χ0v) is 18.8. The van der Waals surface area contributed by atoms with E-state index in [0.717, 1.165) is 20.7 Å². The molecule has 1 aromatic carbocycles. The molecule has 10 heteroatoms. The van der Waals surface area contributed by atoms with Gasteiger partial charge in [-0.3, -0.25) is 14.9 Å². The Morgan fingerprint density at radius 3 is 3.00 bits per heavy atom. The van der Waals surface area contributed by atoms with Crippen LogP contribution in [0.15, 0.2) is 28.7 Å². The number of thiazole rings is 1. The van der Waals surface area contributed by atoms with Crippen molar-refractivity contribution in [2.45, 2.75) is 26.3 Å². The summed E-state index contributed by atoms with van der Waals surface area (Å²) >= 11 is 4.78. The molecule has 0 radical (unpaired) electrons. The van der Waals surface area contributed by atoms with Gasteiger partial charge < -0.3 is 14.5 Å². The van der Waals surface area contributed by atoms with E-state index in [1.54, 1.807) is 16.7 Å². The van der Waals surface area contributed by atoms with Crippen molar-refractivity contribution in [3.8, 4) is 0 Å². The monoisotopic (exact) mass is 492 g/mol. The van der Waals surface area contributed by atoms with Crippen molar-refractivity contribution in [2.75, 3.05) is 29.9 Å². The molecule has 0 aliphatic carbocycles. The Balaban J connectivity index is 1.41. The lowest BCUT2D eigenvalue weighted by molar-refractivity contribution is -0.136. The van der Waals surface area contributed by atoms with E-state index in [0.29, 0.717) is 31.2 Å². The van der Waals surface area contributed by atoms with Gasteiger partial charge in [0.2, 0.25) is 11.8 Å². The summed E-state index contributed by atoms with van der Waals surface area (Å²) in [7, 11) is 0. The molecule has 1 aromatic heterocycles. The maximum Gasteiger partial charge on any atom is 0.413 e. The molecule has 2 aromatic rings. The molecule has 0 saturated carbocycles. The van der Waals surface area contributed by atoms with Crippen molar-refractivity contribution in [3.05, 3.63) is 39.3 Å². The maximum atomic E-state index is 13.1. The van der Waals surface area contributed by atoms with Crippen LogP contribution in [-0.4, -0.2) is 47.5 Å². The van der Waals surface area contributed by atoms with E-state index in [-0.39, 0.29) is 30.8 Å². The van der Waals surface area contributed by atoms with E-state index < -0.39 is 6.09 Å². The number of aromatic nitrogens is 1. The first-order valence-corrected chi connectivity index (χ1v) is 11.3. The van der Waals surface area contributed by atoms with E-state index in [2.05, 4.69) is 26.2 Å². The fraction of sp³-hybridized carbons (Fsp3) is 0.400. The minimum Gasteiger partial charge on any atom is -0.450 e. The summed E-state index contributed by atoms with van der Waals surface area (Å²) < 4.78 is 5.77. The van der Waals surface area contributed by atoms with Crippen LogP contribution in [0.5, 0.6) is 0 Å². The molecule has 3 heterocycles. The molecule has 2 aliphatic heterocycles. The first-order valence-electron chi connectivity index (χ1n) is 9.71. The lowest BCUT2D eigenvalue weighted by Crippen LogP contribution is -2.40. The number of nitrogens with zero attached hydrogens (tertiary/aromatic N) is 3. The van der Waals surface area contributed by atoms with Crippen LogP contribution in [0.1, 0.15) is 23.9 Å². The van der Waals surface area contributed by atoms with E-state index in [4.69, 9.17) is 4.74 Å². The van der Waals surface area contributed by atoms with Gasteiger partial charge in [0.15, 0.2) is 5.13 Å². The van der Waals surface area contributed by atoms with Crippen LogP contribution in [-0.2, 0) is 27.3 Å². The topological polar surface area (TPSA) is 91.8 Å². The molecule has 1 fully saturated rings. The molecule has 30 heavy (non-hydrogen) atoms. The number of amides is 3. The molecule has 0 spiro atoms. The largest absolute Gasteiger partial charge is 0.450 e. The van der Waals surface area contributed by atoms with Crippen molar-refractivity contribution in [2.24, 2.45) is 5.92 Å². The summed E-state index contributed by atoms with van der Waals surface area (Å²) in [6.07, 6.45) is 0.305. The highest BCUT2D eigenvalue weighted by Crippen LogP contribution is 2.32. The molecule has 1 atom stereocenters. The molecule has 158 valence electrons. The van der Waals surface area contributed by atoms with Crippen LogP contribution in [0.3, 0.4) is 0 Å². The molecule has 1 unspecified atom stereocenters. The first kappa shape index (κ1) is 20.8. The predicted molar refractivity (Wildman–Crippen MR) is 116 cm³/mol. The van der Waals surface area contributed by atoms with Gasteiger partial charge in [-0.1, -0.05) is 33.3 Å². The quantitative estimate of drug-likeness (QED) is 0.705. The predicted octanol–water partition coefficient (Wildman–Crippen LogP) is 3.41. The molecule has 1 N–H and O–H groups in total. The molecule has 8 nitrogen and oxygen atoms in total. The van der Waals surface area contributed by atoms with Gasteiger partial charge in [0.1, 0.15) is 0 Å². The summed E-state index contributed by atoms with van der Waals surface area (Å²) in [6.45, 7) is 3.40. The number of fused-ring (bicyclic) bond motifs is 1. The second-order valence-electron chi connectivity index (χ2n) is 7.13. The highest BCUT2D eigenvalue weighted by molar-refractivity contribution is 9.10. The van der Waals surface area contributed by atoms with E-state index in [1.807, 2.05) is 24.3 Å². The van der Waals surface area contributed by atoms with Crippen LogP contribution in [0, 0.1) is 5.92 Å². The number of anilines is 2. The molecule has 0 bridgehead atoms. The van der Waals surface area contributed by atoms with Gasteiger partial charge in [-0.05, 0) is 25.1 Å². The fourth-order valence-corrected chi connectivity index (χ4v) is 5.11. The van der Waals surface area contributed by atoms with E-state index >= 15 is 0 Å². The Labute approximate surface area is 186 Å². The molecule has 4 rings (SSSR count). The zero-order valence-electron chi connectivity index (χ0n) is 16.4. The lowest BCUT2D eigenvalue weighted by Gasteiger charge is -2.28. The number of benzene rings is 1. The molecule has 2 aliphatic rings. The van der Waals surface area contributed by atoms with E-state index in [1.165, 1.54) is 11.3 Å². The van der Waals surface area contributed by atoms with Crippen molar-refractivity contribution < 1.29 is 19.1 Å². The third-order valence-electron chi connectivity index (χ3n) is 5.12. The summed E-state index contributed by atoms with van der Waals surface area (Å²) in [5.41, 5.74) is 1.69. The van der Waals surface area contributed by atoms with Crippen molar-refractivity contribution in [1.29, 1.82) is 0 Å². The van der Waals surface area contributed by atoms with Gasteiger partial charge in [-0.25, -0.2) is 9.78 Å². The van der Waals surface area contributed by atoms with Crippen LogP contribution >= 0.6 is 27.3 Å². The number of halogens is 1. The van der Waals surface area contributed by atoms with Crippen LogP contribution in [0.4, 0.5) is 15.6 Å². The highest BCUT2D eigenvalue weighted by atomic mass is 79.9. The number of rotatable bonds is 4. The molecule has 1 saturated heterocycles. The maximum absolute atomic E-state index is 13.1. The smallest absolute Gasteiger partial charge is 0.413 e. The third-order valence-corrected chi connectivity index (χ3v) is 6.61. The Hall–Kier alpha value is -2.46. The highest BCUT2D eigenvalue weighted by Gasteiger charge is 2.38. The summed E-state index contributed by atoms with van der Waals surface area (Å²) in [6, 6.07) is 7.53. The SMILES string of the molecule is CCOC(=O)Nc1nc2c(s1)CN(C(=O)C1CC(=O)N(c3cccc(Br)c3)C1)CC2. The normalized spacial score (nSPS) is 18.3. The fourth-order valence-electron chi connectivity index (χ4n) is 3.72. The minimum atomic E-state index is -0.534. The molecular formula is C20H21BrN4O4S. The number of hydrogen-bond acceptors (Lipinski definition) is 6. The van der Waals surface area contributed by atoms with Gasteiger partial charge in [0.05, 0.1) is 24.8 Å². The van der Waals surface area contributed by atoms with Gasteiger partial charge in [0, 0.05) is 41.0 Å². The lowest BCUT2D eigenvalue weighted by atomic mass is 10.1. The van der Waals surface area contributed by atoms with Gasteiger partial charge in [0.25, 0.3) is 0 Å². The van der Waals surface area contributed by atoms with Gasteiger partial charge in [-0.15, -0.1) is 0 Å². The standard InChI is InChI=1S/C20H21BrN4O4S/c1-2-29-20(28)23-19-22-15-6-7-24(11-16(15)30-19)18(27)12-8-17(26)25(10-12)14-5-3-4-13(21)9-14/h3-5,9,12H,2,6-8,10-11H2,1H3,(H,22,23,28). The summed E-state index contributed by atoms with van der Waals surface area (Å²) in [5, 5.41) is 3.10. The number of carbonyl (C=O) groups is 3. The molecule has 3 amide bonds. The average Bonchev–Trinajstić information content (AvgIpc) is 3.29. The van der Waals surface area contributed by atoms with E-state index in [9.17, 15) is 14.4 Å². The Bertz CT molecular complexity index is 995. The average molecular weight is 493 g/mol. The summed E-state index contributed by atoms with van der Waals surface area (Å²) in [5.74, 6) is -0.411. The second-order valence-corrected chi connectivity index (χ2v) is 9.13. The Morgan fingerprint density at radius 2 is 2.23 bits per heavy atom. The van der Waals surface area contributed by atoms with Crippen molar-refractivity contribution >= 4 is 56.0 Å². The number of hydrogen-bond donors (Lipinski definition) is 1.